The number of rotatable bonds is 4. The number of ether oxygens (including phenoxy) is 1. The maximum absolute atomic E-state index is 11.9. The fraction of sp³-hybridized carbons (Fsp3) is 0.385. The predicted molar refractivity (Wildman–Crippen MR) is 63.6 cm³/mol. The molecule has 1 aromatic carbocycles. The third-order valence-corrected chi connectivity index (χ3v) is 2.71. The van der Waals surface area contributed by atoms with Crippen LogP contribution >= 0.6 is 0 Å². The molecule has 0 aromatic heterocycles. The minimum absolute atomic E-state index is 0.383. The molecule has 0 radical (unpaired) electrons. The van der Waals surface area contributed by atoms with Crippen LogP contribution in [0.4, 0.5) is 0 Å². The number of carboxylic acid groups (broad SMARTS) is 1. The summed E-state index contributed by atoms with van der Waals surface area (Å²) in [6.07, 6.45) is 0. The molecule has 17 heavy (non-hydrogen) atoms. The number of ketones is 1. The van der Waals surface area contributed by atoms with Gasteiger partial charge in [0.25, 0.3) is 0 Å². The number of benzene rings is 1. The van der Waals surface area contributed by atoms with Crippen LogP contribution in [0.5, 0.6) is 5.75 Å². The SMILES string of the molecule is COc1c(C)cc(C(=O)C(C)C(=O)O)cc1C. The first-order valence-corrected chi connectivity index (χ1v) is 5.30. The fourth-order valence-corrected chi connectivity index (χ4v) is 1.78. The summed E-state index contributed by atoms with van der Waals surface area (Å²) in [6.45, 7) is 5.04. The lowest BCUT2D eigenvalue weighted by molar-refractivity contribution is -0.139. The van der Waals surface area contributed by atoms with Gasteiger partial charge in [0.15, 0.2) is 5.78 Å². The van der Waals surface area contributed by atoms with Crippen LogP contribution in [-0.4, -0.2) is 24.0 Å². The molecule has 0 saturated heterocycles. The van der Waals surface area contributed by atoms with Crippen molar-refractivity contribution in [3.05, 3.63) is 28.8 Å². The number of aliphatic carboxylic acids is 1. The zero-order chi connectivity index (χ0) is 13.2. The lowest BCUT2D eigenvalue weighted by Gasteiger charge is -2.12. The molecule has 0 fully saturated rings. The molecule has 0 amide bonds. The number of carbonyl (C=O) groups excluding carboxylic acids is 1. The molecule has 1 rings (SSSR count). The Morgan fingerprint density at radius 3 is 2.06 bits per heavy atom. The second-order valence-electron chi connectivity index (χ2n) is 4.07. The van der Waals surface area contributed by atoms with Crippen LogP contribution in [0, 0.1) is 19.8 Å². The van der Waals surface area contributed by atoms with Gasteiger partial charge in [-0.05, 0) is 44.0 Å². The molecule has 4 nitrogen and oxygen atoms in total. The largest absolute Gasteiger partial charge is 0.496 e. The molecular weight excluding hydrogens is 220 g/mol. The molecule has 1 aromatic rings. The van der Waals surface area contributed by atoms with Gasteiger partial charge in [-0.15, -0.1) is 0 Å². The highest BCUT2D eigenvalue weighted by atomic mass is 16.5. The van der Waals surface area contributed by atoms with Crippen LogP contribution in [-0.2, 0) is 4.79 Å². The summed E-state index contributed by atoms with van der Waals surface area (Å²) in [5.41, 5.74) is 2.07. The maximum Gasteiger partial charge on any atom is 0.314 e. The Morgan fingerprint density at radius 1 is 1.24 bits per heavy atom. The second-order valence-corrected chi connectivity index (χ2v) is 4.07. The minimum atomic E-state index is -1.11. The van der Waals surface area contributed by atoms with E-state index in [4.69, 9.17) is 9.84 Å². The predicted octanol–water partition coefficient (Wildman–Crippen LogP) is 2.22. The van der Waals surface area contributed by atoms with E-state index in [-0.39, 0.29) is 5.78 Å². The Bertz CT molecular complexity index is 439. The van der Waals surface area contributed by atoms with Crippen molar-refractivity contribution in [3.63, 3.8) is 0 Å². The number of hydrogen-bond acceptors (Lipinski definition) is 3. The van der Waals surface area contributed by atoms with Crippen molar-refractivity contribution in [1.82, 2.24) is 0 Å². The van der Waals surface area contributed by atoms with Crippen molar-refractivity contribution < 1.29 is 19.4 Å². The molecule has 0 saturated carbocycles. The number of carbonyl (C=O) groups is 2. The first-order valence-electron chi connectivity index (χ1n) is 5.30. The van der Waals surface area contributed by atoms with Crippen molar-refractivity contribution in [2.24, 2.45) is 5.92 Å². The van der Waals surface area contributed by atoms with Crippen molar-refractivity contribution >= 4 is 11.8 Å². The summed E-state index contributed by atoms with van der Waals surface area (Å²) in [7, 11) is 1.57. The summed E-state index contributed by atoms with van der Waals surface area (Å²) in [5, 5.41) is 8.81. The van der Waals surface area contributed by atoms with E-state index in [1.54, 1.807) is 19.2 Å². The molecular formula is C13H16O4. The summed E-state index contributed by atoms with van der Waals surface area (Å²) >= 11 is 0. The third kappa shape index (κ3) is 2.64. The molecule has 1 N–H and O–H groups in total. The average Bonchev–Trinajstić information content (AvgIpc) is 2.26. The van der Waals surface area contributed by atoms with E-state index in [1.165, 1.54) is 6.92 Å². The van der Waals surface area contributed by atoms with Crippen molar-refractivity contribution in [3.8, 4) is 5.75 Å². The van der Waals surface area contributed by atoms with E-state index in [1.807, 2.05) is 13.8 Å². The molecule has 1 unspecified atom stereocenters. The molecule has 0 aliphatic rings. The van der Waals surface area contributed by atoms with Gasteiger partial charge in [-0.1, -0.05) is 0 Å². The molecule has 0 aliphatic heterocycles. The Labute approximate surface area is 100 Å². The first kappa shape index (κ1) is 13.2. The Hall–Kier alpha value is -1.84. The standard InChI is InChI=1S/C13H16O4/c1-7-5-10(6-8(2)12(7)17-4)11(14)9(3)13(15)16/h5-6,9H,1-4H3,(H,15,16). The Kier molecular flexibility index (Phi) is 3.89. The van der Waals surface area contributed by atoms with Crippen LogP contribution in [0.3, 0.4) is 0 Å². The fourth-order valence-electron chi connectivity index (χ4n) is 1.78. The van der Waals surface area contributed by atoms with Gasteiger partial charge in [0.05, 0.1) is 7.11 Å². The zero-order valence-electron chi connectivity index (χ0n) is 10.4. The summed E-state index contributed by atoms with van der Waals surface area (Å²) in [5.74, 6) is -1.79. The molecule has 4 heteroatoms. The molecule has 0 bridgehead atoms. The number of carboxylic acids is 1. The van der Waals surface area contributed by atoms with E-state index < -0.39 is 11.9 Å². The van der Waals surface area contributed by atoms with Crippen molar-refractivity contribution in [2.75, 3.05) is 7.11 Å². The number of aryl methyl sites for hydroxylation is 2. The maximum atomic E-state index is 11.9. The van der Waals surface area contributed by atoms with E-state index in [0.717, 1.165) is 16.9 Å². The summed E-state index contributed by atoms with van der Waals surface area (Å²) < 4.78 is 5.19. The van der Waals surface area contributed by atoms with E-state index in [2.05, 4.69) is 0 Å². The molecule has 0 heterocycles. The lowest BCUT2D eigenvalue weighted by Crippen LogP contribution is -2.20. The van der Waals surface area contributed by atoms with Gasteiger partial charge in [-0.2, -0.15) is 0 Å². The van der Waals surface area contributed by atoms with Gasteiger partial charge in [0, 0.05) is 5.56 Å². The molecule has 92 valence electrons. The summed E-state index contributed by atoms with van der Waals surface area (Å²) in [6, 6.07) is 3.32. The van der Waals surface area contributed by atoms with Crippen LogP contribution in [0.1, 0.15) is 28.4 Å². The second kappa shape index (κ2) is 4.99. The summed E-state index contributed by atoms with van der Waals surface area (Å²) in [4.78, 5) is 22.6. The van der Waals surface area contributed by atoms with E-state index >= 15 is 0 Å². The van der Waals surface area contributed by atoms with Crippen molar-refractivity contribution in [1.29, 1.82) is 0 Å². The van der Waals surface area contributed by atoms with Gasteiger partial charge in [0.1, 0.15) is 11.7 Å². The van der Waals surface area contributed by atoms with Crippen LogP contribution in [0.15, 0.2) is 12.1 Å². The molecule has 0 aliphatic carbocycles. The van der Waals surface area contributed by atoms with E-state index in [0.29, 0.717) is 5.56 Å². The van der Waals surface area contributed by atoms with Crippen LogP contribution < -0.4 is 4.74 Å². The number of hydrogen-bond donors (Lipinski definition) is 1. The quantitative estimate of drug-likeness (QED) is 0.643. The van der Waals surface area contributed by atoms with Gasteiger partial charge >= 0.3 is 5.97 Å². The van der Waals surface area contributed by atoms with Crippen LogP contribution in [0.25, 0.3) is 0 Å². The Morgan fingerprint density at radius 2 is 1.71 bits per heavy atom. The van der Waals surface area contributed by atoms with Gasteiger partial charge in [-0.25, -0.2) is 0 Å². The van der Waals surface area contributed by atoms with Crippen LogP contribution in [0.2, 0.25) is 0 Å². The highest BCUT2D eigenvalue weighted by Crippen LogP contribution is 2.25. The van der Waals surface area contributed by atoms with Gasteiger partial charge < -0.3 is 9.84 Å². The average molecular weight is 236 g/mol. The monoisotopic (exact) mass is 236 g/mol. The number of methoxy groups -OCH3 is 1. The smallest absolute Gasteiger partial charge is 0.314 e. The molecule has 1 atom stereocenters. The number of Topliss-reactive ketones (excluding diaryl/α,β-unsaturated/α-hetero) is 1. The topological polar surface area (TPSA) is 63.6 Å². The minimum Gasteiger partial charge on any atom is -0.496 e. The van der Waals surface area contributed by atoms with Gasteiger partial charge in [-0.3, -0.25) is 9.59 Å². The zero-order valence-corrected chi connectivity index (χ0v) is 10.4. The first-order chi connectivity index (χ1) is 7.88. The normalized spacial score (nSPS) is 12.0. The third-order valence-electron chi connectivity index (χ3n) is 2.71. The lowest BCUT2D eigenvalue weighted by atomic mass is 9.96. The Balaban J connectivity index is 3.17. The highest BCUT2D eigenvalue weighted by Gasteiger charge is 2.23. The van der Waals surface area contributed by atoms with E-state index in [9.17, 15) is 9.59 Å². The highest BCUT2D eigenvalue weighted by molar-refractivity contribution is 6.08. The van der Waals surface area contributed by atoms with Gasteiger partial charge in [0.2, 0.25) is 0 Å². The molecule has 0 spiro atoms. The van der Waals surface area contributed by atoms with Crippen molar-refractivity contribution in [2.45, 2.75) is 20.8 Å².